The van der Waals surface area contributed by atoms with E-state index in [-0.39, 0.29) is 6.54 Å². The van der Waals surface area contributed by atoms with Crippen molar-refractivity contribution in [2.24, 2.45) is 0 Å². The summed E-state index contributed by atoms with van der Waals surface area (Å²) >= 11 is 0. The Morgan fingerprint density at radius 3 is 2.20 bits per heavy atom. The van der Waals surface area contributed by atoms with Gasteiger partial charge in [0, 0.05) is 6.54 Å². The summed E-state index contributed by atoms with van der Waals surface area (Å²) in [4.78, 5) is 12.9. The molecule has 0 radical (unpaired) electrons. The van der Waals surface area contributed by atoms with Crippen molar-refractivity contribution in [3.8, 4) is 0 Å². The number of aliphatic carboxylic acids is 1. The van der Waals surface area contributed by atoms with E-state index in [1.54, 1.807) is 18.9 Å². The third kappa shape index (κ3) is 7.09. The summed E-state index contributed by atoms with van der Waals surface area (Å²) in [5, 5.41) is 12.3. The first-order valence-electron chi connectivity index (χ1n) is 6.90. The van der Waals surface area contributed by atoms with Gasteiger partial charge in [-0.3, -0.25) is 4.79 Å². The van der Waals surface area contributed by atoms with Crippen molar-refractivity contribution in [1.29, 1.82) is 0 Å². The first-order chi connectivity index (χ1) is 9.17. The van der Waals surface area contributed by atoms with E-state index in [0.29, 0.717) is 32.4 Å². The molecule has 1 unspecified atom stereocenters. The van der Waals surface area contributed by atoms with Crippen LogP contribution in [-0.4, -0.2) is 54.4 Å². The van der Waals surface area contributed by atoms with E-state index in [9.17, 15) is 23.1 Å². The van der Waals surface area contributed by atoms with Crippen molar-refractivity contribution < 1.29 is 23.1 Å². The summed E-state index contributed by atoms with van der Waals surface area (Å²) < 4.78 is 36.2. The van der Waals surface area contributed by atoms with E-state index >= 15 is 0 Å². The third-order valence-corrected chi connectivity index (χ3v) is 3.45. The average molecular weight is 298 g/mol. The molecule has 0 saturated heterocycles. The van der Waals surface area contributed by atoms with E-state index < -0.39 is 24.1 Å². The van der Waals surface area contributed by atoms with Crippen molar-refractivity contribution >= 4 is 5.97 Å². The average Bonchev–Trinajstić information content (AvgIpc) is 2.34. The highest BCUT2D eigenvalue weighted by molar-refractivity contribution is 5.78. The van der Waals surface area contributed by atoms with Gasteiger partial charge in [0.2, 0.25) is 0 Å². The molecule has 0 fully saturated rings. The molecular weight excluding hydrogens is 273 g/mol. The number of nitrogens with zero attached hydrogens (tertiary/aromatic N) is 1. The fraction of sp³-hybridized carbons (Fsp3) is 0.923. The Balaban J connectivity index is 4.21. The largest absolute Gasteiger partial charge is 0.480 e. The van der Waals surface area contributed by atoms with Crippen LogP contribution >= 0.6 is 0 Å². The maximum atomic E-state index is 12.1. The number of carboxylic acids is 1. The summed E-state index contributed by atoms with van der Waals surface area (Å²) in [6.45, 7) is 4.57. The van der Waals surface area contributed by atoms with E-state index in [2.05, 4.69) is 5.32 Å². The molecule has 1 atom stereocenters. The highest BCUT2D eigenvalue weighted by atomic mass is 19.4. The monoisotopic (exact) mass is 298 g/mol. The van der Waals surface area contributed by atoms with Crippen LogP contribution in [0.25, 0.3) is 0 Å². The first kappa shape index (κ1) is 19.2. The van der Waals surface area contributed by atoms with Crippen molar-refractivity contribution in [3.05, 3.63) is 0 Å². The molecule has 0 aromatic heterocycles. The van der Waals surface area contributed by atoms with Crippen molar-refractivity contribution in [1.82, 2.24) is 10.2 Å². The van der Waals surface area contributed by atoms with Crippen molar-refractivity contribution in [2.45, 2.75) is 51.2 Å². The molecule has 0 aliphatic heterocycles. The lowest BCUT2D eigenvalue weighted by atomic mass is 9.90. The predicted molar refractivity (Wildman–Crippen MR) is 71.7 cm³/mol. The summed E-state index contributed by atoms with van der Waals surface area (Å²) in [5.41, 5.74) is -0.973. The van der Waals surface area contributed by atoms with Gasteiger partial charge >= 0.3 is 12.1 Å². The first-order valence-corrected chi connectivity index (χ1v) is 6.90. The second kappa shape index (κ2) is 8.46. The minimum atomic E-state index is -4.15. The molecule has 7 heteroatoms. The van der Waals surface area contributed by atoms with Crippen molar-refractivity contribution in [3.63, 3.8) is 0 Å². The molecule has 0 amide bonds. The standard InChI is InChI=1S/C13H25F3N2O2/c1-4-12(11(19)20,17-5-2)7-6-9-18(3)10-8-13(14,15)16/h17H,4-10H2,1-3H3,(H,19,20). The summed E-state index contributed by atoms with van der Waals surface area (Å²) in [7, 11) is 1.62. The SMILES string of the molecule is CCNC(CC)(CCCN(C)CCC(F)(F)F)C(=O)O. The van der Waals surface area contributed by atoms with Crippen LogP contribution in [0.15, 0.2) is 0 Å². The zero-order valence-corrected chi connectivity index (χ0v) is 12.4. The molecule has 0 saturated carbocycles. The molecule has 20 heavy (non-hydrogen) atoms. The third-order valence-electron chi connectivity index (χ3n) is 3.45. The van der Waals surface area contributed by atoms with Crippen LogP contribution < -0.4 is 5.32 Å². The van der Waals surface area contributed by atoms with Gasteiger partial charge in [-0.25, -0.2) is 0 Å². The smallest absolute Gasteiger partial charge is 0.390 e. The van der Waals surface area contributed by atoms with Gasteiger partial charge in [-0.15, -0.1) is 0 Å². The second-order valence-electron chi connectivity index (χ2n) is 5.04. The number of hydrogen-bond donors (Lipinski definition) is 2. The van der Waals surface area contributed by atoms with Gasteiger partial charge in [-0.05, 0) is 39.4 Å². The van der Waals surface area contributed by atoms with Crippen LogP contribution in [-0.2, 0) is 4.79 Å². The van der Waals surface area contributed by atoms with Crippen LogP contribution in [0.1, 0.15) is 39.5 Å². The van der Waals surface area contributed by atoms with E-state index in [0.717, 1.165) is 0 Å². The minimum Gasteiger partial charge on any atom is -0.480 e. The van der Waals surface area contributed by atoms with Gasteiger partial charge < -0.3 is 15.3 Å². The van der Waals surface area contributed by atoms with Gasteiger partial charge in [0.1, 0.15) is 5.54 Å². The molecule has 0 aliphatic carbocycles. The normalized spacial score (nSPS) is 15.3. The van der Waals surface area contributed by atoms with Crippen LogP contribution in [0.2, 0.25) is 0 Å². The van der Waals surface area contributed by atoms with Gasteiger partial charge in [-0.2, -0.15) is 13.2 Å². The minimum absolute atomic E-state index is 0.0586. The van der Waals surface area contributed by atoms with Gasteiger partial charge in [-0.1, -0.05) is 13.8 Å². The molecule has 0 bridgehead atoms. The Kier molecular flexibility index (Phi) is 8.12. The Hall–Kier alpha value is -0.820. The summed E-state index contributed by atoms with van der Waals surface area (Å²) in [6.07, 6.45) is -3.59. The Morgan fingerprint density at radius 2 is 1.80 bits per heavy atom. The lowest BCUT2D eigenvalue weighted by Gasteiger charge is -2.30. The van der Waals surface area contributed by atoms with E-state index in [4.69, 9.17) is 0 Å². The zero-order chi connectivity index (χ0) is 15.8. The molecular formula is C13H25F3N2O2. The van der Waals surface area contributed by atoms with E-state index in [1.807, 2.05) is 6.92 Å². The molecule has 2 N–H and O–H groups in total. The quantitative estimate of drug-likeness (QED) is 0.650. The molecule has 0 rings (SSSR count). The van der Waals surface area contributed by atoms with Gasteiger partial charge in [0.15, 0.2) is 0 Å². The number of carbonyl (C=O) groups is 1. The van der Waals surface area contributed by atoms with Crippen LogP contribution in [0.5, 0.6) is 0 Å². The second-order valence-corrected chi connectivity index (χ2v) is 5.04. The highest BCUT2D eigenvalue weighted by Gasteiger charge is 2.35. The Morgan fingerprint density at radius 1 is 1.20 bits per heavy atom. The number of carboxylic acid groups (broad SMARTS) is 1. The predicted octanol–water partition coefficient (Wildman–Crippen LogP) is 2.49. The number of hydrogen-bond acceptors (Lipinski definition) is 3. The number of nitrogens with one attached hydrogen (secondary N) is 1. The fourth-order valence-electron chi connectivity index (χ4n) is 2.14. The van der Waals surface area contributed by atoms with Gasteiger partial charge in [0.05, 0.1) is 6.42 Å². The topological polar surface area (TPSA) is 52.6 Å². The Bertz CT molecular complexity index is 298. The molecule has 0 heterocycles. The zero-order valence-electron chi connectivity index (χ0n) is 12.4. The summed E-state index contributed by atoms with van der Waals surface area (Å²) in [6, 6.07) is 0. The fourth-order valence-corrected chi connectivity index (χ4v) is 2.14. The van der Waals surface area contributed by atoms with E-state index in [1.165, 1.54) is 0 Å². The number of alkyl halides is 3. The molecule has 0 aliphatic rings. The lowest BCUT2D eigenvalue weighted by molar-refractivity contribution is -0.145. The highest BCUT2D eigenvalue weighted by Crippen LogP contribution is 2.21. The molecule has 0 spiro atoms. The number of likely N-dealkylation sites (N-methyl/N-ethyl adjacent to an activating group) is 1. The molecule has 4 nitrogen and oxygen atoms in total. The van der Waals surface area contributed by atoms with Crippen LogP contribution in [0, 0.1) is 0 Å². The maximum absolute atomic E-state index is 12.1. The van der Waals surface area contributed by atoms with Crippen molar-refractivity contribution in [2.75, 3.05) is 26.7 Å². The van der Waals surface area contributed by atoms with Gasteiger partial charge in [0.25, 0.3) is 0 Å². The number of halogens is 3. The van der Waals surface area contributed by atoms with Crippen LogP contribution in [0.3, 0.4) is 0 Å². The molecule has 0 aromatic carbocycles. The molecule has 120 valence electrons. The maximum Gasteiger partial charge on any atom is 0.390 e. The lowest BCUT2D eigenvalue weighted by Crippen LogP contribution is -2.51. The molecule has 0 aromatic rings. The van der Waals surface area contributed by atoms with Crippen LogP contribution in [0.4, 0.5) is 13.2 Å². The Labute approximate surface area is 118 Å². The number of rotatable bonds is 10. The summed E-state index contributed by atoms with van der Waals surface area (Å²) in [5.74, 6) is -0.903.